The van der Waals surface area contributed by atoms with E-state index >= 15 is 0 Å². The first kappa shape index (κ1) is 18.8. The first-order chi connectivity index (χ1) is 9.83. The predicted molar refractivity (Wildman–Crippen MR) is 87.2 cm³/mol. The van der Waals surface area contributed by atoms with Crippen molar-refractivity contribution < 1.29 is 19.0 Å². The zero-order valence-electron chi connectivity index (χ0n) is 14.3. The molecule has 4 nitrogen and oxygen atoms in total. The molecule has 0 radical (unpaired) electrons. The highest BCUT2D eigenvalue weighted by atomic mass is 28.3. The first-order valence-corrected chi connectivity index (χ1v) is 11.8. The Bertz CT molecular complexity index is 303. The number of hydrogen-bond donors (Lipinski definition) is 0. The molecule has 1 rings (SSSR count). The van der Waals surface area contributed by atoms with Crippen LogP contribution in [0.25, 0.3) is 0 Å². The molecule has 0 bridgehead atoms. The Morgan fingerprint density at radius 2 is 2.00 bits per heavy atom. The highest BCUT2D eigenvalue weighted by Crippen LogP contribution is 2.27. The van der Waals surface area contributed by atoms with Crippen LogP contribution in [0.2, 0.25) is 25.7 Å². The van der Waals surface area contributed by atoms with Gasteiger partial charge in [-0.25, -0.2) is 0 Å². The van der Waals surface area contributed by atoms with Crippen LogP contribution in [-0.4, -0.2) is 46.6 Å². The molecule has 0 aliphatic carbocycles. The molecule has 1 aliphatic rings. The molecule has 0 aromatic rings. The maximum absolute atomic E-state index is 11.0. The number of hydrogen-bond acceptors (Lipinski definition) is 4. The predicted octanol–water partition coefficient (Wildman–Crippen LogP) is 3.33. The molecule has 0 N–H and O–H groups in total. The zero-order chi connectivity index (χ0) is 15.9. The van der Waals surface area contributed by atoms with E-state index < -0.39 is 8.07 Å². The Kier molecular flexibility index (Phi) is 8.09. The van der Waals surface area contributed by atoms with Gasteiger partial charge in [-0.15, -0.1) is 0 Å². The maximum Gasteiger partial charge on any atom is 0.149 e. The third-order valence-corrected chi connectivity index (χ3v) is 5.82. The molecule has 0 spiro atoms. The number of aldehydes is 1. The number of ether oxygens (including phenoxy) is 3. The molecule has 4 atom stereocenters. The quantitative estimate of drug-likeness (QED) is 0.283. The van der Waals surface area contributed by atoms with Crippen LogP contribution in [0, 0.1) is 11.8 Å². The lowest BCUT2D eigenvalue weighted by atomic mass is 9.89. The average molecular weight is 317 g/mol. The van der Waals surface area contributed by atoms with Gasteiger partial charge in [-0.3, -0.25) is 0 Å². The van der Waals surface area contributed by atoms with Crippen LogP contribution in [0.5, 0.6) is 0 Å². The van der Waals surface area contributed by atoms with E-state index in [9.17, 15) is 4.79 Å². The van der Waals surface area contributed by atoms with E-state index in [1.54, 1.807) is 0 Å². The molecule has 0 aromatic carbocycles. The Hall–Kier alpha value is -0.233. The minimum Gasteiger partial charge on any atom is -0.367 e. The van der Waals surface area contributed by atoms with Crippen molar-refractivity contribution >= 4 is 14.4 Å². The summed E-state index contributed by atoms with van der Waals surface area (Å²) in [6.45, 7) is 13.0. The smallest absolute Gasteiger partial charge is 0.149 e. The molecular formula is C16H32O4Si. The van der Waals surface area contributed by atoms with E-state index in [1.165, 1.54) is 0 Å². The van der Waals surface area contributed by atoms with E-state index in [1.807, 2.05) is 0 Å². The van der Waals surface area contributed by atoms with Crippen LogP contribution in [0.4, 0.5) is 0 Å². The van der Waals surface area contributed by atoms with Gasteiger partial charge in [0.1, 0.15) is 19.2 Å². The molecule has 0 unspecified atom stereocenters. The van der Waals surface area contributed by atoms with Gasteiger partial charge in [-0.2, -0.15) is 0 Å². The normalized spacial score (nSPS) is 28.3. The Morgan fingerprint density at radius 3 is 2.62 bits per heavy atom. The van der Waals surface area contributed by atoms with Gasteiger partial charge in [0.15, 0.2) is 0 Å². The summed E-state index contributed by atoms with van der Waals surface area (Å²) in [4.78, 5) is 11.0. The zero-order valence-corrected chi connectivity index (χ0v) is 15.3. The Morgan fingerprint density at radius 1 is 1.29 bits per heavy atom. The summed E-state index contributed by atoms with van der Waals surface area (Å²) >= 11 is 0. The van der Waals surface area contributed by atoms with Crippen molar-refractivity contribution in [1.82, 2.24) is 0 Å². The van der Waals surface area contributed by atoms with E-state index in [-0.39, 0.29) is 12.2 Å². The van der Waals surface area contributed by atoms with Crippen LogP contribution in [-0.2, 0) is 19.0 Å². The van der Waals surface area contributed by atoms with Crippen LogP contribution >= 0.6 is 0 Å². The minimum absolute atomic E-state index is 0.124. The number of rotatable bonds is 9. The molecule has 124 valence electrons. The van der Waals surface area contributed by atoms with E-state index in [4.69, 9.17) is 14.2 Å². The van der Waals surface area contributed by atoms with Crippen molar-refractivity contribution in [2.45, 2.75) is 64.6 Å². The minimum atomic E-state index is -1.02. The SMILES string of the molecule is C[C@H]1CC[C@H]([C@@H](C)COCOCC[Si](C)(C)C)O[C@H]1C=O. The molecule has 1 aliphatic heterocycles. The second kappa shape index (κ2) is 9.03. The molecule has 1 saturated heterocycles. The summed E-state index contributed by atoms with van der Waals surface area (Å²) in [5.41, 5.74) is 0. The summed E-state index contributed by atoms with van der Waals surface area (Å²) in [7, 11) is -1.02. The first-order valence-electron chi connectivity index (χ1n) is 8.09. The standard InChI is InChI=1S/C16H32O4Si/c1-13-6-7-15(20-16(13)10-17)14(2)11-19-12-18-8-9-21(3,4)5/h10,13-16H,6-9,11-12H2,1-5H3/t13-,14-,15+,16-/m0/s1. The third-order valence-electron chi connectivity index (χ3n) is 4.11. The summed E-state index contributed by atoms with van der Waals surface area (Å²) in [6, 6.07) is 1.16. The van der Waals surface area contributed by atoms with Gasteiger partial charge in [0, 0.05) is 20.6 Å². The second-order valence-electron chi connectivity index (χ2n) is 7.51. The second-order valence-corrected chi connectivity index (χ2v) is 13.1. The molecule has 1 heterocycles. The Labute approximate surface area is 130 Å². The van der Waals surface area contributed by atoms with E-state index in [0.717, 1.165) is 31.8 Å². The fourth-order valence-corrected chi connectivity index (χ4v) is 3.17. The maximum atomic E-state index is 11.0. The number of carbonyl (C=O) groups excluding carboxylic acids is 1. The summed E-state index contributed by atoms with van der Waals surface area (Å²) in [6.07, 6.45) is 2.86. The average Bonchev–Trinajstić information content (AvgIpc) is 2.41. The lowest BCUT2D eigenvalue weighted by Gasteiger charge is -2.35. The van der Waals surface area contributed by atoms with Crippen LogP contribution in [0.15, 0.2) is 0 Å². The lowest BCUT2D eigenvalue weighted by molar-refractivity contribution is -0.144. The van der Waals surface area contributed by atoms with Gasteiger partial charge in [0.25, 0.3) is 0 Å². The summed E-state index contributed by atoms with van der Waals surface area (Å²) in [5.74, 6) is 0.623. The molecule has 0 aromatic heterocycles. The van der Waals surface area contributed by atoms with Crippen LogP contribution < -0.4 is 0 Å². The molecule has 0 saturated carbocycles. The molecule has 1 fully saturated rings. The highest BCUT2D eigenvalue weighted by Gasteiger charge is 2.31. The van der Waals surface area contributed by atoms with Gasteiger partial charge in [-0.1, -0.05) is 33.5 Å². The molecular weight excluding hydrogens is 284 g/mol. The van der Waals surface area contributed by atoms with Crippen molar-refractivity contribution in [2.24, 2.45) is 11.8 Å². The van der Waals surface area contributed by atoms with Crippen molar-refractivity contribution in [3.05, 3.63) is 0 Å². The molecule has 5 heteroatoms. The fraction of sp³-hybridized carbons (Fsp3) is 0.938. The van der Waals surface area contributed by atoms with Crippen molar-refractivity contribution in [2.75, 3.05) is 20.0 Å². The van der Waals surface area contributed by atoms with Gasteiger partial charge < -0.3 is 19.0 Å². The monoisotopic (exact) mass is 316 g/mol. The van der Waals surface area contributed by atoms with Crippen molar-refractivity contribution in [3.63, 3.8) is 0 Å². The summed E-state index contributed by atoms with van der Waals surface area (Å²) < 4.78 is 17.0. The Balaban J connectivity index is 2.13. The van der Waals surface area contributed by atoms with Gasteiger partial charge in [0.2, 0.25) is 0 Å². The fourth-order valence-electron chi connectivity index (χ4n) is 2.42. The highest BCUT2D eigenvalue weighted by molar-refractivity contribution is 6.76. The van der Waals surface area contributed by atoms with Gasteiger partial charge >= 0.3 is 0 Å². The number of carbonyl (C=O) groups is 1. The van der Waals surface area contributed by atoms with Crippen LogP contribution in [0.3, 0.4) is 0 Å². The molecule has 0 amide bonds. The van der Waals surface area contributed by atoms with Gasteiger partial charge in [-0.05, 0) is 24.8 Å². The lowest BCUT2D eigenvalue weighted by Crippen LogP contribution is -2.39. The van der Waals surface area contributed by atoms with Crippen LogP contribution in [0.1, 0.15) is 26.7 Å². The third kappa shape index (κ3) is 7.54. The molecule has 21 heavy (non-hydrogen) atoms. The topological polar surface area (TPSA) is 44.8 Å². The largest absolute Gasteiger partial charge is 0.367 e. The van der Waals surface area contributed by atoms with Crippen molar-refractivity contribution in [1.29, 1.82) is 0 Å². The van der Waals surface area contributed by atoms with Crippen molar-refractivity contribution in [3.8, 4) is 0 Å². The van der Waals surface area contributed by atoms with Gasteiger partial charge in [0.05, 0.1) is 12.7 Å². The van der Waals surface area contributed by atoms with E-state index in [2.05, 4.69) is 33.5 Å². The summed E-state index contributed by atoms with van der Waals surface area (Å²) in [5, 5.41) is 0. The van der Waals surface area contributed by atoms with E-state index in [0.29, 0.717) is 25.2 Å².